The minimum absolute atomic E-state index is 0.785. The first-order valence-electron chi connectivity index (χ1n) is 8.20. The standard InChI is InChI=1S/C16H32N2/c1-14(2)12-17-13-15-8-10-18(11-9-15)16-6-4-3-5-7-16/h14-17H,3-13H2,1-2H3. The van der Waals surface area contributed by atoms with Gasteiger partial charge in [-0.25, -0.2) is 0 Å². The van der Waals surface area contributed by atoms with Gasteiger partial charge in [-0.15, -0.1) is 0 Å². The SMILES string of the molecule is CC(C)CNCC1CCN(C2CCCCC2)CC1. The number of rotatable bonds is 5. The van der Waals surface area contributed by atoms with E-state index < -0.39 is 0 Å². The summed E-state index contributed by atoms with van der Waals surface area (Å²) in [5.74, 6) is 1.72. The normalized spacial score (nSPS) is 24.8. The first-order chi connectivity index (χ1) is 8.75. The van der Waals surface area contributed by atoms with Gasteiger partial charge in [0.2, 0.25) is 0 Å². The molecule has 2 rings (SSSR count). The molecule has 0 spiro atoms. The van der Waals surface area contributed by atoms with Crippen LogP contribution in [0.25, 0.3) is 0 Å². The number of piperidine rings is 1. The Morgan fingerprint density at radius 2 is 1.67 bits per heavy atom. The number of nitrogens with one attached hydrogen (secondary N) is 1. The third-order valence-electron chi connectivity index (χ3n) is 4.73. The molecule has 1 saturated heterocycles. The van der Waals surface area contributed by atoms with Crippen LogP contribution in [0.1, 0.15) is 58.8 Å². The predicted octanol–water partition coefficient (Wildman–Crippen LogP) is 3.28. The molecule has 1 aliphatic heterocycles. The second-order valence-electron chi connectivity index (χ2n) is 6.82. The van der Waals surface area contributed by atoms with Crippen molar-refractivity contribution < 1.29 is 0 Å². The third-order valence-corrected chi connectivity index (χ3v) is 4.73. The molecule has 0 aromatic rings. The zero-order chi connectivity index (χ0) is 12.8. The summed E-state index contributed by atoms with van der Waals surface area (Å²) in [5.41, 5.74) is 0. The van der Waals surface area contributed by atoms with Gasteiger partial charge in [0.05, 0.1) is 0 Å². The van der Waals surface area contributed by atoms with Crippen molar-refractivity contribution in [3.63, 3.8) is 0 Å². The van der Waals surface area contributed by atoms with E-state index in [0.717, 1.165) is 17.9 Å². The topological polar surface area (TPSA) is 15.3 Å². The van der Waals surface area contributed by atoms with Gasteiger partial charge in [0.1, 0.15) is 0 Å². The van der Waals surface area contributed by atoms with Crippen LogP contribution in [0.4, 0.5) is 0 Å². The first-order valence-corrected chi connectivity index (χ1v) is 8.20. The molecule has 0 bridgehead atoms. The summed E-state index contributed by atoms with van der Waals surface area (Å²) in [4.78, 5) is 2.79. The van der Waals surface area contributed by atoms with Gasteiger partial charge >= 0.3 is 0 Å². The van der Waals surface area contributed by atoms with Crippen LogP contribution in [-0.4, -0.2) is 37.1 Å². The van der Waals surface area contributed by atoms with Crippen molar-refractivity contribution in [2.24, 2.45) is 11.8 Å². The zero-order valence-electron chi connectivity index (χ0n) is 12.5. The molecule has 0 aromatic heterocycles. The molecule has 1 heterocycles. The number of nitrogens with zero attached hydrogens (tertiary/aromatic N) is 1. The lowest BCUT2D eigenvalue weighted by Gasteiger charge is -2.39. The van der Waals surface area contributed by atoms with Crippen LogP contribution in [0, 0.1) is 11.8 Å². The highest BCUT2D eigenvalue weighted by Gasteiger charge is 2.25. The molecule has 18 heavy (non-hydrogen) atoms. The second kappa shape index (κ2) is 7.49. The van der Waals surface area contributed by atoms with Crippen LogP contribution in [0.15, 0.2) is 0 Å². The summed E-state index contributed by atoms with van der Waals surface area (Å²) in [6, 6.07) is 0.934. The molecule has 106 valence electrons. The highest BCUT2D eigenvalue weighted by atomic mass is 15.2. The number of hydrogen-bond donors (Lipinski definition) is 1. The van der Waals surface area contributed by atoms with E-state index >= 15 is 0 Å². The van der Waals surface area contributed by atoms with Gasteiger partial charge in [-0.2, -0.15) is 0 Å². The van der Waals surface area contributed by atoms with Gasteiger partial charge in [0.25, 0.3) is 0 Å². The summed E-state index contributed by atoms with van der Waals surface area (Å²) in [6.45, 7) is 9.73. The van der Waals surface area contributed by atoms with Gasteiger partial charge in [-0.3, -0.25) is 0 Å². The molecule has 0 radical (unpaired) electrons. The average molecular weight is 252 g/mol. The summed E-state index contributed by atoms with van der Waals surface area (Å²) in [6.07, 6.45) is 10.2. The molecule has 1 saturated carbocycles. The van der Waals surface area contributed by atoms with Crippen molar-refractivity contribution in [1.29, 1.82) is 0 Å². The van der Waals surface area contributed by atoms with E-state index in [2.05, 4.69) is 24.1 Å². The smallest absolute Gasteiger partial charge is 0.00952 e. The lowest BCUT2D eigenvalue weighted by atomic mass is 9.90. The Morgan fingerprint density at radius 3 is 2.28 bits per heavy atom. The van der Waals surface area contributed by atoms with Crippen LogP contribution in [0.3, 0.4) is 0 Å². The van der Waals surface area contributed by atoms with Crippen molar-refractivity contribution in [3.05, 3.63) is 0 Å². The molecule has 1 N–H and O–H groups in total. The average Bonchev–Trinajstić information content (AvgIpc) is 2.40. The molecule has 2 fully saturated rings. The second-order valence-corrected chi connectivity index (χ2v) is 6.82. The molecule has 0 atom stereocenters. The minimum Gasteiger partial charge on any atom is -0.316 e. The lowest BCUT2D eigenvalue weighted by Crippen LogP contribution is -2.44. The summed E-state index contributed by atoms with van der Waals surface area (Å²) >= 11 is 0. The fourth-order valence-electron chi connectivity index (χ4n) is 3.54. The zero-order valence-corrected chi connectivity index (χ0v) is 12.5. The van der Waals surface area contributed by atoms with Crippen molar-refractivity contribution in [2.75, 3.05) is 26.2 Å². The van der Waals surface area contributed by atoms with Crippen LogP contribution in [0.2, 0.25) is 0 Å². The van der Waals surface area contributed by atoms with E-state index in [1.807, 2.05) is 0 Å². The number of hydrogen-bond acceptors (Lipinski definition) is 2. The van der Waals surface area contributed by atoms with E-state index in [-0.39, 0.29) is 0 Å². The Balaban J connectivity index is 1.61. The van der Waals surface area contributed by atoms with Crippen molar-refractivity contribution >= 4 is 0 Å². The molecule has 2 heteroatoms. The highest BCUT2D eigenvalue weighted by Crippen LogP contribution is 2.26. The van der Waals surface area contributed by atoms with Gasteiger partial charge in [-0.1, -0.05) is 33.1 Å². The van der Waals surface area contributed by atoms with Gasteiger partial charge in [0.15, 0.2) is 0 Å². The maximum absolute atomic E-state index is 3.63. The van der Waals surface area contributed by atoms with Crippen LogP contribution >= 0.6 is 0 Å². The Morgan fingerprint density at radius 1 is 1.00 bits per heavy atom. The summed E-state index contributed by atoms with van der Waals surface area (Å²) in [5, 5.41) is 3.63. The van der Waals surface area contributed by atoms with Crippen molar-refractivity contribution in [3.8, 4) is 0 Å². The minimum atomic E-state index is 0.785. The third kappa shape index (κ3) is 4.55. The predicted molar refractivity (Wildman–Crippen MR) is 78.9 cm³/mol. The Labute approximate surface area is 114 Å². The highest BCUT2D eigenvalue weighted by molar-refractivity contribution is 4.81. The van der Waals surface area contributed by atoms with E-state index in [4.69, 9.17) is 0 Å². The van der Waals surface area contributed by atoms with E-state index in [1.165, 1.54) is 71.1 Å². The van der Waals surface area contributed by atoms with E-state index in [0.29, 0.717) is 0 Å². The maximum atomic E-state index is 3.63. The fraction of sp³-hybridized carbons (Fsp3) is 1.00. The quantitative estimate of drug-likeness (QED) is 0.808. The molecular formula is C16H32N2. The van der Waals surface area contributed by atoms with Gasteiger partial charge in [-0.05, 0) is 63.7 Å². The molecule has 0 unspecified atom stereocenters. The number of likely N-dealkylation sites (tertiary alicyclic amines) is 1. The van der Waals surface area contributed by atoms with Crippen LogP contribution < -0.4 is 5.32 Å². The monoisotopic (exact) mass is 252 g/mol. The van der Waals surface area contributed by atoms with E-state index in [1.54, 1.807) is 0 Å². The molecule has 2 nitrogen and oxygen atoms in total. The summed E-state index contributed by atoms with van der Waals surface area (Å²) < 4.78 is 0. The van der Waals surface area contributed by atoms with Crippen LogP contribution in [-0.2, 0) is 0 Å². The van der Waals surface area contributed by atoms with Gasteiger partial charge in [0, 0.05) is 6.04 Å². The molecule has 1 aliphatic carbocycles. The van der Waals surface area contributed by atoms with Crippen LogP contribution in [0.5, 0.6) is 0 Å². The summed E-state index contributed by atoms with van der Waals surface area (Å²) in [7, 11) is 0. The Kier molecular flexibility index (Phi) is 5.97. The van der Waals surface area contributed by atoms with Gasteiger partial charge < -0.3 is 10.2 Å². The fourth-order valence-corrected chi connectivity index (χ4v) is 3.54. The molecular weight excluding hydrogens is 220 g/mol. The Hall–Kier alpha value is -0.0800. The molecule has 0 amide bonds. The largest absolute Gasteiger partial charge is 0.316 e. The maximum Gasteiger partial charge on any atom is 0.00952 e. The van der Waals surface area contributed by atoms with Crippen molar-refractivity contribution in [2.45, 2.75) is 64.8 Å². The molecule has 2 aliphatic rings. The van der Waals surface area contributed by atoms with Crippen molar-refractivity contribution in [1.82, 2.24) is 10.2 Å². The first kappa shape index (κ1) is 14.3. The lowest BCUT2D eigenvalue weighted by molar-refractivity contribution is 0.106. The van der Waals surface area contributed by atoms with E-state index in [9.17, 15) is 0 Å². The Bertz CT molecular complexity index is 213. The molecule has 0 aromatic carbocycles.